The van der Waals surface area contributed by atoms with Crippen LogP contribution in [0, 0.1) is 11.6 Å². The van der Waals surface area contributed by atoms with Crippen molar-refractivity contribution < 1.29 is 18.3 Å². The molecule has 92 valence electrons. The van der Waals surface area contributed by atoms with Gasteiger partial charge in [0.2, 0.25) is 0 Å². The SMILES string of the molecule is COc1ccccc1C(=O)c1ccc(F)c(F)c1. The largest absolute Gasteiger partial charge is 0.496 e. The second-order valence-corrected chi connectivity index (χ2v) is 3.66. The normalized spacial score (nSPS) is 10.2. The molecule has 0 aromatic heterocycles. The van der Waals surface area contributed by atoms with E-state index in [0.29, 0.717) is 11.3 Å². The zero-order valence-corrected chi connectivity index (χ0v) is 9.61. The van der Waals surface area contributed by atoms with Gasteiger partial charge in [0.15, 0.2) is 17.4 Å². The van der Waals surface area contributed by atoms with Crippen LogP contribution in [0.1, 0.15) is 15.9 Å². The lowest BCUT2D eigenvalue weighted by molar-refractivity contribution is 0.103. The number of methoxy groups -OCH3 is 1. The van der Waals surface area contributed by atoms with E-state index in [1.165, 1.54) is 13.2 Å². The summed E-state index contributed by atoms with van der Waals surface area (Å²) in [6, 6.07) is 9.65. The molecule has 0 fully saturated rings. The number of ketones is 1. The summed E-state index contributed by atoms with van der Waals surface area (Å²) in [5, 5.41) is 0. The number of para-hydroxylation sites is 1. The van der Waals surface area contributed by atoms with Crippen LogP contribution in [0.5, 0.6) is 5.75 Å². The highest BCUT2D eigenvalue weighted by molar-refractivity contribution is 6.10. The third kappa shape index (κ3) is 2.22. The van der Waals surface area contributed by atoms with Crippen LogP contribution in [-0.4, -0.2) is 12.9 Å². The Morgan fingerprint density at radius 1 is 1.06 bits per heavy atom. The molecule has 0 bridgehead atoms. The molecule has 0 N–H and O–H groups in total. The molecular formula is C14H10F2O2. The highest BCUT2D eigenvalue weighted by atomic mass is 19.2. The monoisotopic (exact) mass is 248 g/mol. The van der Waals surface area contributed by atoms with E-state index in [1.54, 1.807) is 24.3 Å². The van der Waals surface area contributed by atoms with Gasteiger partial charge in [-0.3, -0.25) is 4.79 Å². The lowest BCUT2D eigenvalue weighted by Gasteiger charge is -2.07. The van der Waals surface area contributed by atoms with E-state index >= 15 is 0 Å². The van der Waals surface area contributed by atoms with Crippen LogP contribution in [0.15, 0.2) is 42.5 Å². The molecule has 2 nitrogen and oxygen atoms in total. The number of hydrogen-bond donors (Lipinski definition) is 0. The van der Waals surface area contributed by atoms with Crippen LogP contribution in [-0.2, 0) is 0 Å². The van der Waals surface area contributed by atoms with Gasteiger partial charge in [-0.25, -0.2) is 8.78 Å². The van der Waals surface area contributed by atoms with Crippen molar-refractivity contribution in [1.29, 1.82) is 0 Å². The van der Waals surface area contributed by atoms with Gasteiger partial charge in [-0.05, 0) is 30.3 Å². The second-order valence-electron chi connectivity index (χ2n) is 3.66. The Morgan fingerprint density at radius 2 is 1.78 bits per heavy atom. The van der Waals surface area contributed by atoms with E-state index in [2.05, 4.69) is 0 Å². The van der Waals surface area contributed by atoms with Gasteiger partial charge in [0.25, 0.3) is 0 Å². The Balaban J connectivity index is 2.44. The van der Waals surface area contributed by atoms with Gasteiger partial charge in [0, 0.05) is 5.56 Å². The number of hydrogen-bond acceptors (Lipinski definition) is 2. The Labute approximate surface area is 103 Å². The molecule has 0 aliphatic carbocycles. The van der Waals surface area contributed by atoms with Crippen molar-refractivity contribution in [1.82, 2.24) is 0 Å². The average Bonchev–Trinajstić information content (AvgIpc) is 2.41. The van der Waals surface area contributed by atoms with Crippen molar-refractivity contribution in [2.24, 2.45) is 0 Å². The average molecular weight is 248 g/mol. The molecule has 0 saturated heterocycles. The van der Waals surface area contributed by atoms with Crippen LogP contribution in [0.4, 0.5) is 8.78 Å². The molecule has 0 unspecified atom stereocenters. The lowest BCUT2D eigenvalue weighted by atomic mass is 10.0. The minimum absolute atomic E-state index is 0.0819. The standard InChI is InChI=1S/C14H10F2O2/c1-18-13-5-3-2-4-10(13)14(17)9-6-7-11(15)12(16)8-9/h2-8H,1H3. The highest BCUT2D eigenvalue weighted by Crippen LogP contribution is 2.21. The van der Waals surface area contributed by atoms with Crippen LogP contribution in [0.2, 0.25) is 0 Å². The Bertz CT molecular complexity index is 594. The van der Waals surface area contributed by atoms with Crippen LogP contribution in [0.3, 0.4) is 0 Å². The molecule has 2 aromatic rings. The molecule has 4 heteroatoms. The van der Waals surface area contributed by atoms with E-state index < -0.39 is 17.4 Å². The van der Waals surface area contributed by atoms with E-state index in [9.17, 15) is 13.6 Å². The molecule has 0 aliphatic rings. The quantitative estimate of drug-likeness (QED) is 0.780. The van der Waals surface area contributed by atoms with E-state index in [-0.39, 0.29) is 5.56 Å². The van der Waals surface area contributed by atoms with Crippen molar-refractivity contribution in [3.8, 4) is 5.75 Å². The third-order valence-corrected chi connectivity index (χ3v) is 2.53. The Morgan fingerprint density at radius 3 is 2.44 bits per heavy atom. The zero-order chi connectivity index (χ0) is 13.1. The molecule has 0 spiro atoms. The number of carbonyl (C=O) groups excluding carboxylic acids is 1. The first kappa shape index (κ1) is 12.2. The molecule has 2 rings (SSSR count). The summed E-state index contributed by atoms with van der Waals surface area (Å²) in [6.07, 6.45) is 0. The molecular weight excluding hydrogens is 238 g/mol. The first-order valence-electron chi connectivity index (χ1n) is 5.26. The first-order chi connectivity index (χ1) is 8.63. The first-order valence-corrected chi connectivity index (χ1v) is 5.26. The van der Waals surface area contributed by atoms with Gasteiger partial charge in [0.1, 0.15) is 5.75 Å². The molecule has 0 radical (unpaired) electrons. The minimum Gasteiger partial charge on any atom is -0.496 e. The number of rotatable bonds is 3. The topological polar surface area (TPSA) is 26.3 Å². The second kappa shape index (κ2) is 4.96. The molecule has 0 amide bonds. The predicted octanol–water partition coefficient (Wildman–Crippen LogP) is 3.20. The van der Waals surface area contributed by atoms with Crippen molar-refractivity contribution in [2.45, 2.75) is 0 Å². The number of halogens is 2. The summed E-state index contributed by atoms with van der Waals surface area (Å²) in [7, 11) is 1.44. The maximum atomic E-state index is 13.1. The summed E-state index contributed by atoms with van der Waals surface area (Å²) in [4.78, 5) is 12.1. The minimum atomic E-state index is -1.05. The summed E-state index contributed by atoms with van der Waals surface area (Å²) < 4.78 is 30.9. The van der Waals surface area contributed by atoms with E-state index in [1.807, 2.05) is 0 Å². The Hall–Kier alpha value is -2.23. The third-order valence-electron chi connectivity index (χ3n) is 2.53. The van der Waals surface area contributed by atoms with Crippen molar-refractivity contribution in [2.75, 3.05) is 7.11 Å². The maximum absolute atomic E-state index is 13.1. The molecule has 0 saturated carbocycles. The molecule has 18 heavy (non-hydrogen) atoms. The van der Waals surface area contributed by atoms with Gasteiger partial charge in [-0.15, -0.1) is 0 Å². The fourth-order valence-corrected chi connectivity index (χ4v) is 1.63. The van der Waals surface area contributed by atoms with Crippen LogP contribution >= 0.6 is 0 Å². The van der Waals surface area contributed by atoms with Crippen molar-refractivity contribution >= 4 is 5.78 Å². The number of benzene rings is 2. The van der Waals surface area contributed by atoms with Crippen molar-refractivity contribution in [3.63, 3.8) is 0 Å². The molecule has 2 aromatic carbocycles. The van der Waals surface area contributed by atoms with E-state index in [0.717, 1.165) is 12.1 Å². The highest BCUT2D eigenvalue weighted by Gasteiger charge is 2.15. The van der Waals surface area contributed by atoms with Crippen LogP contribution < -0.4 is 4.74 Å². The van der Waals surface area contributed by atoms with Gasteiger partial charge in [-0.2, -0.15) is 0 Å². The Kier molecular flexibility index (Phi) is 3.37. The maximum Gasteiger partial charge on any atom is 0.196 e. The van der Waals surface area contributed by atoms with Gasteiger partial charge < -0.3 is 4.74 Å². The fraction of sp³-hybridized carbons (Fsp3) is 0.0714. The summed E-state index contributed by atoms with van der Waals surface area (Å²) in [6.45, 7) is 0. The van der Waals surface area contributed by atoms with Gasteiger partial charge >= 0.3 is 0 Å². The number of carbonyl (C=O) groups is 1. The number of ether oxygens (including phenoxy) is 1. The predicted molar refractivity (Wildman–Crippen MR) is 62.8 cm³/mol. The summed E-state index contributed by atoms with van der Waals surface area (Å²) in [5.74, 6) is -2.04. The van der Waals surface area contributed by atoms with E-state index in [4.69, 9.17) is 4.74 Å². The molecule has 0 atom stereocenters. The smallest absolute Gasteiger partial charge is 0.196 e. The molecule has 0 aliphatic heterocycles. The van der Waals surface area contributed by atoms with Crippen LogP contribution in [0.25, 0.3) is 0 Å². The summed E-state index contributed by atoms with van der Waals surface area (Å²) >= 11 is 0. The van der Waals surface area contributed by atoms with Gasteiger partial charge in [-0.1, -0.05) is 12.1 Å². The summed E-state index contributed by atoms with van der Waals surface area (Å²) in [5.41, 5.74) is 0.393. The lowest BCUT2D eigenvalue weighted by Crippen LogP contribution is -2.04. The molecule has 0 heterocycles. The van der Waals surface area contributed by atoms with Gasteiger partial charge in [0.05, 0.1) is 12.7 Å². The fourth-order valence-electron chi connectivity index (χ4n) is 1.63. The zero-order valence-electron chi connectivity index (χ0n) is 9.61. The van der Waals surface area contributed by atoms with Crippen molar-refractivity contribution in [3.05, 3.63) is 65.2 Å².